The SMILES string of the molecule is CCC(=O)N[C@H]1CC[C@@H](N(C)C(=O)c2ccc(-c3ccc(C#N)cc3F)cc2)C1. The van der Waals surface area contributed by atoms with Crippen LogP contribution in [0, 0.1) is 17.1 Å². The van der Waals surface area contributed by atoms with Gasteiger partial charge in [-0.05, 0) is 49.1 Å². The second-order valence-corrected chi connectivity index (χ2v) is 7.38. The molecule has 1 fully saturated rings. The minimum atomic E-state index is -0.466. The van der Waals surface area contributed by atoms with Crippen LogP contribution in [0.2, 0.25) is 0 Å². The number of nitrogens with one attached hydrogen (secondary N) is 1. The second kappa shape index (κ2) is 8.87. The van der Waals surface area contributed by atoms with Crippen LogP contribution in [0.5, 0.6) is 0 Å². The Morgan fingerprint density at radius 2 is 1.93 bits per heavy atom. The van der Waals surface area contributed by atoms with Gasteiger partial charge in [0.05, 0.1) is 11.6 Å². The van der Waals surface area contributed by atoms with Crippen LogP contribution in [0.1, 0.15) is 48.5 Å². The van der Waals surface area contributed by atoms with Crippen molar-refractivity contribution in [1.29, 1.82) is 5.26 Å². The number of benzene rings is 2. The molecule has 6 heteroatoms. The van der Waals surface area contributed by atoms with Gasteiger partial charge in [0.1, 0.15) is 5.82 Å². The molecule has 1 aliphatic carbocycles. The minimum absolute atomic E-state index is 0.0373. The molecule has 29 heavy (non-hydrogen) atoms. The average Bonchev–Trinajstić information content (AvgIpc) is 3.21. The normalized spacial score (nSPS) is 18.1. The van der Waals surface area contributed by atoms with Crippen molar-refractivity contribution in [3.05, 3.63) is 59.4 Å². The van der Waals surface area contributed by atoms with E-state index in [1.54, 1.807) is 48.3 Å². The third-order valence-corrected chi connectivity index (χ3v) is 5.50. The molecule has 0 unspecified atom stereocenters. The zero-order valence-corrected chi connectivity index (χ0v) is 16.6. The van der Waals surface area contributed by atoms with Crippen molar-refractivity contribution in [3.8, 4) is 17.2 Å². The van der Waals surface area contributed by atoms with Gasteiger partial charge in [0, 0.05) is 36.7 Å². The van der Waals surface area contributed by atoms with Gasteiger partial charge in [-0.1, -0.05) is 25.1 Å². The molecule has 2 aromatic rings. The van der Waals surface area contributed by atoms with Crippen molar-refractivity contribution in [3.63, 3.8) is 0 Å². The Balaban J connectivity index is 1.68. The number of rotatable bonds is 5. The summed E-state index contributed by atoms with van der Waals surface area (Å²) in [4.78, 5) is 26.1. The lowest BCUT2D eigenvalue weighted by Gasteiger charge is -2.25. The van der Waals surface area contributed by atoms with Crippen LogP contribution in [0.4, 0.5) is 4.39 Å². The van der Waals surface area contributed by atoms with Gasteiger partial charge in [-0.25, -0.2) is 4.39 Å². The Morgan fingerprint density at radius 3 is 2.55 bits per heavy atom. The van der Waals surface area contributed by atoms with E-state index in [4.69, 9.17) is 5.26 Å². The molecule has 0 aromatic heterocycles. The molecule has 1 aliphatic rings. The zero-order chi connectivity index (χ0) is 21.0. The molecule has 0 radical (unpaired) electrons. The fraction of sp³-hybridized carbons (Fsp3) is 0.348. The first-order valence-electron chi connectivity index (χ1n) is 9.79. The highest BCUT2D eigenvalue weighted by molar-refractivity contribution is 5.94. The highest BCUT2D eigenvalue weighted by Crippen LogP contribution is 2.27. The Hall–Kier alpha value is -3.20. The molecular weight excluding hydrogens is 369 g/mol. The Kier molecular flexibility index (Phi) is 6.28. The summed E-state index contributed by atoms with van der Waals surface area (Å²) in [7, 11) is 1.78. The molecule has 5 nitrogen and oxygen atoms in total. The van der Waals surface area contributed by atoms with Gasteiger partial charge < -0.3 is 10.2 Å². The fourth-order valence-electron chi connectivity index (χ4n) is 3.75. The number of hydrogen-bond donors (Lipinski definition) is 1. The van der Waals surface area contributed by atoms with Crippen LogP contribution in [0.15, 0.2) is 42.5 Å². The van der Waals surface area contributed by atoms with Crippen molar-refractivity contribution in [2.24, 2.45) is 0 Å². The highest BCUT2D eigenvalue weighted by Gasteiger charge is 2.30. The first-order chi connectivity index (χ1) is 13.9. The molecule has 2 aromatic carbocycles. The molecule has 0 bridgehead atoms. The summed E-state index contributed by atoms with van der Waals surface area (Å²) in [6.45, 7) is 1.82. The number of amides is 2. The predicted octanol–water partition coefficient (Wildman–Crippen LogP) is 3.88. The lowest BCUT2D eigenvalue weighted by molar-refractivity contribution is -0.121. The molecule has 0 saturated heterocycles. The van der Waals surface area contributed by atoms with Crippen molar-refractivity contribution in [2.75, 3.05) is 7.05 Å². The number of nitrogens with zero attached hydrogens (tertiary/aromatic N) is 2. The van der Waals surface area contributed by atoms with Crippen molar-refractivity contribution in [1.82, 2.24) is 10.2 Å². The molecule has 1 N–H and O–H groups in total. The van der Waals surface area contributed by atoms with Crippen molar-refractivity contribution < 1.29 is 14.0 Å². The largest absolute Gasteiger partial charge is 0.353 e. The van der Waals surface area contributed by atoms with E-state index < -0.39 is 5.82 Å². The van der Waals surface area contributed by atoms with E-state index in [0.29, 0.717) is 23.1 Å². The van der Waals surface area contributed by atoms with Crippen LogP contribution in [-0.2, 0) is 4.79 Å². The van der Waals surface area contributed by atoms with E-state index in [9.17, 15) is 14.0 Å². The third kappa shape index (κ3) is 4.62. The summed E-state index contributed by atoms with van der Waals surface area (Å²) in [6.07, 6.45) is 2.93. The first-order valence-corrected chi connectivity index (χ1v) is 9.79. The van der Waals surface area contributed by atoms with Crippen molar-refractivity contribution >= 4 is 11.8 Å². The quantitative estimate of drug-likeness (QED) is 0.838. The number of nitriles is 1. The number of hydrogen-bond acceptors (Lipinski definition) is 3. The molecule has 150 valence electrons. The van der Waals surface area contributed by atoms with Gasteiger partial charge in [0.25, 0.3) is 5.91 Å². The standard InChI is InChI=1S/C23H24FN3O2/c1-3-22(28)26-18-9-10-19(13-18)27(2)23(29)17-7-5-16(6-8-17)20-11-4-15(14-25)12-21(20)24/h4-8,11-12,18-19H,3,9-10,13H2,1-2H3,(H,26,28)/t18-,19+/m0/s1. The Labute approximate surface area is 170 Å². The molecule has 3 rings (SSSR count). The van der Waals surface area contributed by atoms with Crippen LogP contribution >= 0.6 is 0 Å². The summed E-state index contributed by atoms with van der Waals surface area (Å²) in [5, 5.41) is 11.9. The van der Waals surface area contributed by atoms with Crippen LogP contribution < -0.4 is 5.32 Å². The van der Waals surface area contributed by atoms with E-state index in [1.807, 2.05) is 13.0 Å². The number of halogens is 1. The van der Waals surface area contributed by atoms with E-state index in [1.165, 1.54) is 6.07 Å². The lowest BCUT2D eigenvalue weighted by atomic mass is 10.0. The lowest BCUT2D eigenvalue weighted by Crippen LogP contribution is -2.38. The molecule has 2 amide bonds. The minimum Gasteiger partial charge on any atom is -0.353 e. The molecule has 1 saturated carbocycles. The van der Waals surface area contributed by atoms with E-state index in [0.717, 1.165) is 19.3 Å². The van der Waals surface area contributed by atoms with Crippen LogP contribution in [-0.4, -0.2) is 35.8 Å². The van der Waals surface area contributed by atoms with Crippen LogP contribution in [0.25, 0.3) is 11.1 Å². The maximum absolute atomic E-state index is 14.2. The van der Waals surface area contributed by atoms with Gasteiger partial charge in [-0.3, -0.25) is 9.59 Å². The fourth-order valence-corrected chi connectivity index (χ4v) is 3.75. The van der Waals surface area contributed by atoms with E-state index in [-0.39, 0.29) is 29.5 Å². The zero-order valence-electron chi connectivity index (χ0n) is 16.6. The molecule has 0 heterocycles. The average molecular weight is 393 g/mol. The van der Waals surface area contributed by atoms with Gasteiger partial charge in [-0.15, -0.1) is 0 Å². The second-order valence-electron chi connectivity index (χ2n) is 7.38. The number of carbonyl (C=O) groups is 2. The monoisotopic (exact) mass is 393 g/mol. The molecule has 2 atom stereocenters. The summed E-state index contributed by atoms with van der Waals surface area (Å²) in [5.74, 6) is -0.522. The summed E-state index contributed by atoms with van der Waals surface area (Å²) < 4.78 is 14.2. The number of carbonyl (C=O) groups excluding carboxylic acids is 2. The van der Waals surface area contributed by atoms with Crippen LogP contribution in [0.3, 0.4) is 0 Å². The summed E-state index contributed by atoms with van der Waals surface area (Å²) in [6, 6.07) is 13.3. The molecule has 0 aliphatic heterocycles. The Bertz CT molecular complexity index is 950. The van der Waals surface area contributed by atoms with Gasteiger partial charge in [-0.2, -0.15) is 5.26 Å². The van der Waals surface area contributed by atoms with E-state index >= 15 is 0 Å². The van der Waals surface area contributed by atoms with Gasteiger partial charge >= 0.3 is 0 Å². The molecule has 0 spiro atoms. The van der Waals surface area contributed by atoms with E-state index in [2.05, 4.69) is 5.32 Å². The maximum atomic E-state index is 14.2. The maximum Gasteiger partial charge on any atom is 0.253 e. The Morgan fingerprint density at radius 1 is 1.21 bits per heavy atom. The highest BCUT2D eigenvalue weighted by atomic mass is 19.1. The first kappa shape index (κ1) is 20.5. The van der Waals surface area contributed by atoms with Gasteiger partial charge in [0.15, 0.2) is 0 Å². The smallest absolute Gasteiger partial charge is 0.253 e. The van der Waals surface area contributed by atoms with Crippen molar-refractivity contribution in [2.45, 2.75) is 44.7 Å². The third-order valence-electron chi connectivity index (χ3n) is 5.50. The molecular formula is C23H24FN3O2. The van der Waals surface area contributed by atoms with Gasteiger partial charge in [0.2, 0.25) is 5.91 Å². The summed E-state index contributed by atoms with van der Waals surface area (Å²) >= 11 is 0. The summed E-state index contributed by atoms with van der Waals surface area (Å²) in [5.41, 5.74) is 1.84. The predicted molar refractivity (Wildman–Crippen MR) is 109 cm³/mol. The topological polar surface area (TPSA) is 73.2 Å².